The van der Waals surface area contributed by atoms with Gasteiger partial charge in [-0.1, -0.05) is 6.07 Å². The molecule has 0 radical (unpaired) electrons. The summed E-state index contributed by atoms with van der Waals surface area (Å²) in [7, 11) is 0. The Kier molecular flexibility index (Phi) is 7.23. The van der Waals surface area contributed by atoms with Crippen LogP contribution in [0.15, 0.2) is 36.4 Å². The van der Waals surface area contributed by atoms with Gasteiger partial charge in [-0.15, -0.1) is 0 Å². The summed E-state index contributed by atoms with van der Waals surface area (Å²) in [6.45, 7) is 6.66. The Morgan fingerprint density at radius 3 is 2.48 bits per heavy atom. The lowest BCUT2D eigenvalue weighted by Gasteiger charge is -2.12. The highest BCUT2D eigenvalue weighted by atomic mass is 16.5. The van der Waals surface area contributed by atoms with Crippen molar-refractivity contribution < 1.29 is 24.2 Å². The Morgan fingerprint density at radius 2 is 1.78 bits per heavy atom. The van der Waals surface area contributed by atoms with Gasteiger partial charge in [-0.3, -0.25) is 4.79 Å². The highest BCUT2D eigenvalue weighted by Gasteiger charge is 2.10. The number of benzene rings is 2. The Balaban J connectivity index is 1.65. The molecule has 0 unspecified atom stereocenters. The van der Waals surface area contributed by atoms with E-state index in [-0.39, 0.29) is 23.8 Å². The molecule has 0 aromatic heterocycles. The Bertz CT molecular complexity index is 799. The van der Waals surface area contributed by atoms with Gasteiger partial charge < -0.3 is 19.9 Å². The van der Waals surface area contributed by atoms with Crippen molar-refractivity contribution in [3.63, 3.8) is 0 Å². The standard InChI is InChI=1S/C21H25NO5/c1-14-11-15(2)16(3)19(12-14)26-10-4-9-22-20(24)13-27-21(25)17-5-7-18(23)8-6-17/h5-8,11-12,23H,4,9-10,13H2,1-3H3,(H,22,24). The number of carbonyl (C=O) groups excluding carboxylic acids is 2. The van der Waals surface area contributed by atoms with Gasteiger partial charge in [0.25, 0.3) is 5.91 Å². The van der Waals surface area contributed by atoms with Gasteiger partial charge in [0.2, 0.25) is 0 Å². The molecule has 0 saturated heterocycles. The zero-order chi connectivity index (χ0) is 19.8. The second-order valence-electron chi connectivity index (χ2n) is 6.38. The zero-order valence-electron chi connectivity index (χ0n) is 15.9. The van der Waals surface area contributed by atoms with Crippen LogP contribution in [0, 0.1) is 20.8 Å². The monoisotopic (exact) mass is 371 g/mol. The Morgan fingerprint density at radius 1 is 1.07 bits per heavy atom. The first-order valence-electron chi connectivity index (χ1n) is 8.80. The molecule has 0 spiro atoms. The summed E-state index contributed by atoms with van der Waals surface area (Å²) in [6.07, 6.45) is 0.643. The third-order valence-electron chi connectivity index (χ3n) is 4.10. The molecule has 0 aliphatic carbocycles. The maximum absolute atomic E-state index is 11.8. The molecule has 2 rings (SSSR count). The van der Waals surface area contributed by atoms with Crippen molar-refractivity contribution in [2.24, 2.45) is 0 Å². The number of esters is 1. The van der Waals surface area contributed by atoms with E-state index in [4.69, 9.17) is 9.47 Å². The lowest BCUT2D eigenvalue weighted by atomic mass is 10.1. The molecular formula is C21H25NO5. The van der Waals surface area contributed by atoms with Crippen LogP contribution >= 0.6 is 0 Å². The van der Waals surface area contributed by atoms with Gasteiger partial charge in [-0.05, 0) is 74.2 Å². The van der Waals surface area contributed by atoms with Gasteiger partial charge in [0, 0.05) is 6.54 Å². The largest absolute Gasteiger partial charge is 0.508 e. The number of amides is 1. The molecule has 0 heterocycles. The van der Waals surface area contributed by atoms with Crippen LogP contribution in [0.25, 0.3) is 0 Å². The van der Waals surface area contributed by atoms with E-state index in [2.05, 4.69) is 18.3 Å². The first-order chi connectivity index (χ1) is 12.9. The van der Waals surface area contributed by atoms with E-state index >= 15 is 0 Å². The molecule has 0 atom stereocenters. The van der Waals surface area contributed by atoms with Crippen LogP contribution in [-0.2, 0) is 9.53 Å². The number of carbonyl (C=O) groups is 2. The predicted octanol–water partition coefficient (Wildman–Crippen LogP) is 3.06. The molecule has 0 bridgehead atoms. The summed E-state index contributed by atoms with van der Waals surface area (Å²) >= 11 is 0. The second kappa shape index (κ2) is 9.62. The quantitative estimate of drug-likeness (QED) is 0.550. The van der Waals surface area contributed by atoms with E-state index in [1.165, 1.54) is 29.8 Å². The van der Waals surface area contributed by atoms with Crippen molar-refractivity contribution in [3.05, 3.63) is 58.7 Å². The third-order valence-corrected chi connectivity index (χ3v) is 4.10. The highest BCUT2D eigenvalue weighted by molar-refractivity contribution is 5.91. The summed E-state index contributed by atoms with van der Waals surface area (Å²) in [6, 6.07) is 9.75. The molecule has 0 aliphatic heterocycles. The predicted molar refractivity (Wildman–Crippen MR) is 102 cm³/mol. The van der Waals surface area contributed by atoms with Crippen LogP contribution in [0.1, 0.15) is 33.5 Å². The van der Waals surface area contributed by atoms with Crippen LogP contribution in [0.4, 0.5) is 0 Å². The van der Waals surface area contributed by atoms with E-state index in [0.717, 1.165) is 16.9 Å². The molecule has 27 heavy (non-hydrogen) atoms. The fourth-order valence-corrected chi connectivity index (χ4v) is 2.50. The first kappa shape index (κ1) is 20.3. The van der Waals surface area contributed by atoms with Crippen molar-refractivity contribution in [2.45, 2.75) is 27.2 Å². The van der Waals surface area contributed by atoms with Gasteiger partial charge in [-0.2, -0.15) is 0 Å². The minimum atomic E-state index is -0.612. The molecule has 0 saturated carbocycles. The number of aryl methyl sites for hydroxylation is 2. The van der Waals surface area contributed by atoms with Crippen molar-refractivity contribution in [1.29, 1.82) is 0 Å². The summed E-state index contributed by atoms with van der Waals surface area (Å²) in [5, 5.41) is 11.9. The topological polar surface area (TPSA) is 84.9 Å². The van der Waals surface area contributed by atoms with Crippen molar-refractivity contribution in [2.75, 3.05) is 19.8 Å². The molecule has 6 nitrogen and oxygen atoms in total. The molecule has 0 fully saturated rings. The van der Waals surface area contributed by atoms with E-state index in [1.54, 1.807) is 0 Å². The fraction of sp³-hybridized carbons (Fsp3) is 0.333. The number of hydrogen-bond donors (Lipinski definition) is 2. The van der Waals surface area contributed by atoms with Crippen LogP contribution in [0.5, 0.6) is 11.5 Å². The number of phenolic OH excluding ortho intramolecular Hbond substituents is 1. The van der Waals surface area contributed by atoms with Crippen LogP contribution in [0.3, 0.4) is 0 Å². The van der Waals surface area contributed by atoms with E-state index in [9.17, 15) is 14.7 Å². The Labute approximate surface area is 159 Å². The normalized spacial score (nSPS) is 10.3. The van der Waals surface area contributed by atoms with Crippen molar-refractivity contribution in [1.82, 2.24) is 5.32 Å². The fourth-order valence-electron chi connectivity index (χ4n) is 2.50. The molecule has 2 aromatic carbocycles. The molecule has 1 amide bonds. The van der Waals surface area contributed by atoms with Gasteiger partial charge >= 0.3 is 5.97 Å². The van der Waals surface area contributed by atoms with Crippen LogP contribution < -0.4 is 10.1 Å². The van der Waals surface area contributed by atoms with E-state index < -0.39 is 5.97 Å². The van der Waals surface area contributed by atoms with Crippen LogP contribution in [0.2, 0.25) is 0 Å². The molecule has 144 valence electrons. The summed E-state index contributed by atoms with van der Waals surface area (Å²) < 4.78 is 10.7. The number of phenols is 1. The average molecular weight is 371 g/mol. The number of rotatable bonds is 8. The second-order valence-corrected chi connectivity index (χ2v) is 6.38. The Hall–Kier alpha value is -3.02. The molecule has 6 heteroatoms. The van der Waals surface area contributed by atoms with Gasteiger partial charge in [0.15, 0.2) is 6.61 Å². The SMILES string of the molecule is Cc1cc(C)c(C)c(OCCCNC(=O)COC(=O)c2ccc(O)cc2)c1. The minimum Gasteiger partial charge on any atom is -0.508 e. The van der Waals surface area contributed by atoms with Crippen molar-refractivity contribution in [3.8, 4) is 11.5 Å². The smallest absolute Gasteiger partial charge is 0.338 e. The first-order valence-corrected chi connectivity index (χ1v) is 8.80. The number of nitrogens with one attached hydrogen (secondary N) is 1. The van der Waals surface area contributed by atoms with E-state index in [0.29, 0.717) is 19.6 Å². The van der Waals surface area contributed by atoms with Gasteiger partial charge in [0.1, 0.15) is 11.5 Å². The minimum absolute atomic E-state index is 0.0579. The molecule has 2 N–H and O–H groups in total. The van der Waals surface area contributed by atoms with E-state index in [1.807, 2.05) is 19.9 Å². The third kappa shape index (κ3) is 6.33. The maximum Gasteiger partial charge on any atom is 0.338 e. The van der Waals surface area contributed by atoms with Gasteiger partial charge in [0.05, 0.1) is 12.2 Å². The average Bonchev–Trinajstić information content (AvgIpc) is 2.63. The molecule has 2 aromatic rings. The van der Waals surface area contributed by atoms with Crippen LogP contribution in [-0.4, -0.2) is 36.7 Å². The summed E-state index contributed by atoms with van der Waals surface area (Å²) in [5.41, 5.74) is 3.73. The zero-order valence-corrected chi connectivity index (χ0v) is 15.9. The number of hydrogen-bond acceptors (Lipinski definition) is 5. The number of aromatic hydroxyl groups is 1. The highest BCUT2D eigenvalue weighted by Crippen LogP contribution is 2.23. The maximum atomic E-state index is 11.8. The van der Waals surface area contributed by atoms with Gasteiger partial charge in [-0.25, -0.2) is 4.79 Å². The lowest BCUT2D eigenvalue weighted by Crippen LogP contribution is -2.30. The molecular weight excluding hydrogens is 346 g/mol. The summed E-state index contributed by atoms with van der Waals surface area (Å²) in [4.78, 5) is 23.5. The summed E-state index contributed by atoms with van der Waals surface area (Å²) in [5.74, 6) is -0.0623. The molecule has 0 aliphatic rings. The number of ether oxygens (including phenoxy) is 2. The lowest BCUT2D eigenvalue weighted by molar-refractivity contribution is -0.124. The van der Waals surface area contributed by atoms with Crippen molar-refractivity contribution >= 4 is 11.9 Å².